The summed E-state index contributed by atoms with van der Waals surface area (Å²) in [4.78, 5) is 135. The normalized spacial score (nSPS) is 16.8. The van der Waals surface area contributed by atoms with Crippen LogP contribution in [-0.2, 0) is 47.9 Å². The number of rotatable bonds is 34. The molecule has 0 radical (unpaired) electrons. The highest BCUT2D eigenvalue weighted by Crippen LogP contribution is 2.12. The maximum Gasteiger partial charge on any atom is 0.305 e. The molecular weight excluding hydrogens is 901 g/mol. The third kappa shape index (κ3) is 24.3. The molecule has 1 rings (SSSR count). The van der Waals surface area contributed by atoms with Crippen LogP contribution in [0, 0.1) is 11.8 Å². The van der Waals surface area contributed by atoms with Crippen molar-refractivity contribution in [3.63, 3.8) is 0 Å². The molecule has 9 atom stereocenters. The number of carboxylic acids is 1. The van der Waals surface area contributed by atoms with E-state index >= 15 is 0 Å². The zero-order valence-electron chi connectivity index (χ0n) is 41.0. The lowest BCUT2D eigenvalue weighted by Crippen LogP contribution is -2.61. The van der Waals surface area contributed by atoms with Gasteiger partial charge in [-0.1, -0.05) is 27.7 Å². The highest BCUT2D eigenvalue weighted by atomic mass is 16.4. The Morgan fingerprint density at radius 1 is 0.623 bits per heavy atom. The number of aliphatic imine (C=N–C) groups is 1. The largest absolute Gasteiger partial charge is 0.481 e. The summed E-state index contributed by atoms with van der Waals surface area (Å²) in [6, 6.07) is -10.1. The quantitative estimate of drug-likeness (QED) is 0.0128. The third-order valence-corrected chi connectivity index (χ3v) is 11.1. The minimum Gasteiger partial charge on any atom is -0.481 e. The van der Waals surface area contributed by atoms with Crippen molar-refractivity contribution in [1.29, 1.82) is 0 Å². The molecule has 1 aliphatic rings. The molecule has 0 spiro atoms. The standard InChI is InChI=1S/C44H80N14O11/c1-24(2)21-33(42(68)53-28(23-59)22-34(60)61)57-40(66)31(14-8-10-18-46)56-43(69)35(25(3)4)58-41(67)32(16-12-20-50-44(47)48)55-39(65)30(13-7-9-17-45)54-37(63)27(6)51-36(62)26(5)52-38(64)29-15-11-19-49-29/h23-33,35,49H,7-22,45-46H2,1-6H3,(H,51,62)(H,52,64)(H,53,68)(H,54,63)(H,55,65)(H,56,69)(H,57,66)(H,58,67)(H,60,61)(H4,47,48,50)/t26-,27-,28-,29-,30-,31-,32-,33-,35-/m0/s1. The van der Waals surface area contributed by atoms with E-state index in [1.807, 2.05) is 0 Å². The average Bonchev–Trinajstić information content (AvgIpc) is 3.83. The first-order valence-corrected chi connectivity index (χ1v) is 23.8. The van der Waals surface area contributed by atoms with Crippen LogP contribution >= 0.6 is 0 Å². The summed E-state index contributed by atoms with van der Waals surface area (Å²) in [6.07, 6.45) is 3.26. The number of hydrogen-bond donors (Lipinski definition) is 14. The topological polar surface area (TPSA) is 416 Å². The molecule has 25 heteroatoms. The number of aldehydes is 1. The molecule has 0 aromatic heterocycles. The smallest absolute Gasteiger partial charge is 0.305 e. The fourth-order valence-corrected chi connectivity index (χ4v) is 7.19. The number of guanidine groups is 1. The van der Waals surface area contributed by atoms with Crippen molar-refractivity contribution in [2.75, 3.05) is 26.2 Å². The van der Waals surface area contributed by atoms with Crippen molar-refractivity contribution < 1.29 is 53.1 Å². The van der Waals surface area contributed by atoms with Gasteiger partial charge in [0.1, 0.15) is 48.6 Å². The van der Waals surface area contributed by atoms with Crippen molar-refractivity contribution in [3.05, 3.63) is 0 Å². The van der Waals surface area contributed by atoms with Gasteiger partial charge in [0, 0.05) is 6.54 Å². The van der Waals surface area contributed by atoms with Gasteiger partial charge in [0.15, 0.2) is 5.96 Å². The number of unbranched alkanes of at least 4 members (excludes halogenated alkanes) is 2. The van der Waals surface area contributed by atoms with Crippen LogP contribution in [-0.4, -0.2) is 151 Å². The van der Waals surface area contributed by atoms with Gasteiger partial charge in [-0.15, -0.1) is 0 Å². The Labute approximate surface area is 404 Å². The molecule has 0 aromatic carbocycles. The molecule has 1 saturated heterocycles. The lowest BCUT2D eigenvalue weighted by molar-refractivity contribution is -0.139. The van der Waals surface area contributed by atoms with E-state index in [-0.39, 0.29) is 69.3 Å². The van der Waals surface area contributed by atoms with Gasteiger partial charge in [-0.05, 0) is 116 Å². The summed E-state index contributed by atoms with van der Waals surface area (Å²) in [6.45, 7) is 11.1. The van der Waals surface area contributed by atoms with Crippen LogP contribution < -0.4 is 70.8 Å². The Bertz CT molecular complexity index is 1740. The summed E-state index contributed by atoms with van der Waals surface area (Å²) in [7, 11) is 0. The first-order chi connectivity index (χ1) is 32.5. The Morgan fingerprint density at radius 2 is 1.10 bits per heavy atom. The molecule has 0 unspecified atom stereocenters. The second-order valence-corrected chi connectivity index (χ2v) is 18.1. The van der Waals surface area contributed by atoms with Gasteiger partial charge in [-0.2, -0.15) is 0 Å². The zero-order chi connectivity index (χ0) is 52.2. The third-order valence-electron chi connectivity index (χ3n) is 11.1. The van der Waals surface area contributed by atoms with Gasteiger partial charge in [0.25, 0.3) is 0 Å². The van der Waals surface area contributed by atoms with Crippen LogP contribution in [0.4, 0.5) is 0 Å². The van der Waals surface area contributed by atoms with E-state index in [1.165, 1.54) is 13.8 Å². The maximum absolute atomic E-state index is 14.1. The number of carboxylic acid groups (broad SMARTS) is 1. The number of nitrogens with one attached hydrogen (secondary N) is 9. The van der Waals surface area contributed by atoms with Crippen LogP contribution in [0.1, 0.15) is 119 Å². The molecule has 18 N–H and O–H groups in total. The van der Waals surface area contributed by atoms with E-state index in [9.17, 15) is 47.9 Å². The van der Waals surface area contributed by atoms with Crippen molar-refractivity contribution >= 4 is 65.5 Å². The van der Waals surface area contributed by atoms with Gasteiger partial charge in [-0.25, -0.2) is 0 Å². The number of carbonyl (C=O) groups excluding carboxylic acids is 9. The molecule has 392 valence electrons. The highest BCUT2D eigenvalue weighted by Gasteiger charge is 2.35. The molecular formula is C44H80N14O11. The number of carbonyl (C=O) groups is 10. The SMILES string of the molecule is CC(C)C[C@H](NC(=O)[C@H](CCCCN)NC(=O)[C@@H](NC(=O)[C@H](CCCN=C(N)N)NC(=O)[C@H](CCCCN)NC(=O)[C@H](C)NC(=O)[C@H](C)NC(=O)[C@@H]1CCCN1)C(C)C)C(=O)N[C@H](C=O)CC(=O)O. The zero-order valence-corrected chi connectivity index (χ0v) is 41.0. The Morgan fingerprint density at radius 3 is 1.58 bits per heavy atom. The van der Waals surface area contributed by atoms with E-state index in [0.29, 0.717) is 45.2 Å². The fraction of sp³-hybridized carbons (Fsp3) is 0.750. The number of nitrogens with zero attached hydrogens (tertiary/aromatic N) is 1. The molecule has 0 aliphatic carbocycles. The van der Waals surface area contributed by atoms with E-state index in [2.05, 4.69) is 52.8 Å². The lowest BCUT2D eigenvalue weighted by atomic mass is 9.99. The molecule has 25 nitrogen and oxygen atoms in total. The Balaban J connectivity index is 3.34. The van der Waals surface area contributed by atoms with Crippen molar-refractivity contribution in [2.45, 2.75) is 173 Å². The number of hydrogen-bond acceptors (Lipinski definition) is 14. The molecule has 0 saturated carbocycles. The number of aliphatic carboxylic acids is 1. The van der Waals surface area contributed by atoms with Crippen molar-refractivity contribution in [1.82, 2.24) is 47.9 Å². The average molecular weight is 981 g/mol. The molecule has 69 heavy (non-hydrogen) atoms. The molecule has 1 fully saturated rings. The maximum atomic E-state index is 14.1. The van der Waals surface area contributed by atoms with E-state index in [4.69, 9.17) is 28.0 Å². The van der Waals surface area contributed by atoms with E-state index < -0.39 is 114 Å². The molecule has 0 aromatic rings. The van der Waals surface area contributed by atoms with Crippen LogP contribution in [0.25, 0.3) is 0 Å². The van der Waals surface area contributed by atoms with Crippen molar-refractivity contribution in [3.8, 4) is 0 Å². The summed E-state index contributed by atoms with van der Waals surface area (Å²) < 4.78 is 0. The molecule has 1 heterocycles. The summed E-state index contributed by atoms with van der Waals surface area (Å²) in [5, 5.41) is 33.1. The first-order valence-electron chi connectivity index (χ1n) is 23.8. The van der Waals surface area contributed by atoms with Crippen LogP contribution in [0.5, 0.6) is 0 Å². The first kappa shape index (κ1) is 61.1. The van der Waals surface area contributed by atoms with Crippen LogP contribution in [0.2, 0.25) is 0 Å². The molecule has 1 aliphatic heterocycles. The van der Waals surface area contributed by atoms with Gasteiger partial charge in [0.05, 0.1) is 18.5 Å². The van der Waals surface area contributed by atoms with E-state index in [1.54, 1.807) is 27.7 Å². The van der Waals surface area contributed by atoms with Gasteiger partial charge >= 0.3 is 5.97 Å². The monoisotopic (exact) mass is 981 g/mol. The minimum absolute atomic E-state index is 0.0302. The molecule has 8 amide bonds. The molecule has 0 bridgehead atoms. The Hall–Kier alpha value is -5.95. The Kier molecular flexibility index (Phi) is 29.0. The second kappa shape index (κ2) is 32.7. The predicted molar refractivity (Wildman–Crippen MR) is 256 cm³/mol. The lowest BCUT2D eigenvalue weighted by Gasteiger charge is -2.29. The van der Waals surface area contributed by atoms with Crippen molar-refractivity contribution in [2.24, 2.45) is 39.8 Å². The van der Waals surface area contributed by atoms with Crippen LogP contribution in [0.15, 0.2) is 4.99 Å². The number of amides is 8. The summed E-state index contributed by atoms with van der Waals surface area (Å²) >= 11 is 0. The minimum atomic E-state index is -1.35. The fourth-order valence-electron chi connectivity index (χ4n) is 7.19. The van der Waals surface area contributed by atoms with Gasteiger partial charge < -0.3 is 80.7 Å². The van der Waals surface area contributed by atoms with Gasteiger partial charge in [0.2, 0.25) is 47.3 Å². The predicted octanol–water partition coefficient (Wildman–Crippen LogP) is -3.66. The number of nitrogens with two attached hydrogens (primary N) is 4. The second-order valence-electron chi connectivity index (χ2n) is 18.1. The van der Waals surface area contributed by atoms with E-state index in [0.717, 1.165) is 6.42 Å². The summed E-state index contributed by atoms with van der Waals surface area (Å²) in [5.74, 6) is -7.79. The highest BCUT2D eigenvalue weighted by molar-refractivity contribution is 5.98. The van der Waals surface area contributed by atoms with Crippen LogP contribution in [0.3, 0.4) is 0 Å². The van der Waals surface area contributed by atoms with Gasteiger partial charge in [-0.3, -0.25) is 48.1 Å². The summed E-state index contributed by atoms with van der Waals surface area (Å²) in [5.41, 5.74) is 22.4.